The van der Waals surface area contributed by atoms with E-state index in [2.05, 4.69) is 79.9 Å². The Morgan fingerprint density at radius 3 is 1.64 bits per heavy atom. The third-order valence-corrected chi connectivity index (χ3v) is 10.1. The van der Waals surface area contributed by atoms with Crippen LogP contribution < -0.4 is 10.2 Å². The van der Waals surface area contributed by atoms with Gasteiger partial charge in [-0.1, -0.05) is 145 Å². The molecule has 3 unspecified atom stereocenters. The second-order valence-corrected chi connectivity index (χ2v) is 17.1. The average molecular weight is 791 g/mol. The molecule has 55 heavy (non-hydrogen) atoms. The highest BCUT2D eigenvalue weighted by Gasteiger charge is 2.23. The minimum absolute atomic E-state index is 0.0154. The van der Waals surface area contributed by atoms with Gasteiger partial charge in [0.05, 0.1) is 39.9 Å². The Balaban J connectivity index is 4.53. The molecule has 318 valence electrons. The summed E-state index contributed by atoms with van der Waals surface area (Å²) in [5, 5.41) is 13.7. The minimum Gasteiger partial charge on any atom is -0.756 e. The largest absolute Gasteiger partial charge is 0.756 e. The Hall–Kier alpha value is -2.06. The van der Waals surface area contributed by atoms with Gasteiger partial charge < -0.3 is 28.8 Å². The molecule has 0 aromatic heterocycles. The number of rotatable bonds is 38. The van der Waals surface area contributed by atoms with Crippen LogP contribution in [0.25, 0.3) is 0 Å². The van der Waals surface area contributed by atoms with Gasteiger partial charge in [0.2, 0.25) is 5.91 Å². The van der Waals surface area contributed by atoms with E-state index in [1.54, 1.807) is 6.08 Å². The molecular weight excluding hydrogens is 707 g/mol. The summed E-state index contributed by atoms with van der Waals surface area (Å²) >= 11 is 0. The highest BCUT2D eigenvalue weighted by molar-refractivity contribution is 7.45. The van der Waals surface area contributed by atoms with Crippen LogP contribution in [0.5, 0.6) is 0 Å². The highest BCUT2D eigenvalue weighted by Crippen LogP contribution is 2.38. The Bertz CT molecular complexity index is 1120. The molecule has 0 aromatic rings. The molecule has 2 N–H and O–H groups in total. The number of aliphatic hydroxyl groups is 1. The topological polar surface area (TPSA) is 108 Å². The molecule has 0 saturated heterocycles. The number of likely N-dealkylation sites (N-methyl/N-ethyl adjacent to an activating group) is 1. The van der Waals surface area contributed by atoms with E-state index in [1.807, 2.05) is 27.2 Å². The molecule has 0 spiro atoms. The van der Waals surface area contributed by atoms with E-state index in [0.29, 0.717) is 17.4 Å². The van der Waals surface area contributed by atoms with E-state index >= 15 is 0 Å². The van der Waals surface area contributed by atoms with Crippen LogP contribution in [0.2, 0.25) is 0 Å². The number of phosphoric acid groups is 1. The summed E-state index contributed by atoms with van der Waals surface area (Å²) in [6.45, 7) is 4.53. The average Bonchev–Trinajstić information content (AvgIpc) is 3.13. The summed E-state index contributed by atoms with van der Waals surface area (Å²) in [5.74, 6) is -0.229. The number of nitrogens with zero attached hydrogens (tertiary/aromatic N) is 1. The molecule has 1 amide bonds. The summed E-state index contributed by atoms with van der Waals surface area (Å²) < 4.78 is 23.1. The molecule has 8 nitrogen and oxygen atoms in total. The van der Waals surface area contributed by atoms with Gasteiger partial charge in [-0.2, -0.15) is 0 Å². The highest BCUT2D eigenvalue weighted by atomic mass is 31.2. The van der Waals surface area contributed by atoms with E-state index in [1.165, 1.54) is 64.2 Å². The number of quaternary nitrogens is 1. The lowest BCUT2D eigenvalue weighted by Crippen LogP contribution is -2.45. The van der Waals surface area contributed by atoms with Crippen LogP contribution in [0.3, 0.4) is 0 Å². The van der Waals surface area contributed by atoms with Gasteiger partial charge in [0.15, 0.2) is 0 Å². The Morgan fingerprint density at radius 2 is 1.07 bits per heavy atom. The first kappa shape index (κ1) is 52.9. The van der Waals surface area contributed by atoms with Crippen LogP contribution in [0.1, 0.15) is 162 Å². The lowest BCUT2D eigenvalue weighted by Gasteiger charge is -2.29. The standard InChI is InChI=1S/C46H83N2O6P/c1-6-8-10-12-14-16-18-20-22-23-24-25-26-28-30-32-34-36-38-40-46(50)47-44(43-54-55(51,52)53-42-41-48(3,4)5)45(49)39-37-35-33-31-29-27-21-19-17-15-13-11-9-7-2/h14,16-17,19-20,22,24-25,29,31,37,39,44-45,49H,6-13,15,18,21,23,26-28,30,32-36,38,40-43H2,1-5H3,(H-,47,50,51,52)/b16-14-,19-17+,22-20-,25-24-,31-29+,39-37+. The summed E-state index contributed by atoms with van der Waals surface area (Å²) in [6.07, 6.45) is 49.4. The van der Waals surface area contributed by atoms with Crippen molar-refractivity contribution in [3.8, 4) is 0 Å². The number of nitrogens with one attached hydrogen (secondary N) is 1. The van der Waals surface area contributed by atoms with Crippen molar-refractivity contribution in [1.29, 1.82) is 0 Å². The van der Waals surface area contributed by atoms with Crippen LogP contribution in [0, 0.1) is 0 Å². The van der Waals surface area contributed by atoms with Crippen LogP contribution >= 0.6 is 7.82 Å². The molecule has 0 saturated carbocycles. The molecule has 0 aromatic carbocycles. The fourth-order valence-electron chi connectivity index (χ4n) is 5.60. The molecule has 0 heterocycles. The van der Waals surface area contributed by atoms with E-state index in [0.717, 1.165) is 77.0 Å². The van der Waals surface area contributed by atoms with Gasteiger partial charge in [-0.15, -0.1) is 0 Å². The molecule has 9 heteroatoms. The molecule has 0 fully saturated rings. The lowest BCUT2D eigenvalue weighted by atomic mass is 10.1. The van der Waals surface area contributed by atoms with E-state index in [9.17, 15) is 19.4 Å². The zero-order valence-corrected chi connectivity index (χ0v) is 36.7. The summed E-state index contributed by atoms with van der Waals surface area (Å²) in [7, 11) is 1.21. The van der Waals surface area contributed by atoms with Crippen molar-refractivity contribution in [1.82, 2.24) is 5.32 Å². The smallest absolute Gasteiger partial charge is 0.268 e. The zero-order chi connectivity index (χ0) is 40.7. The first-order chi connectivity index (χ1) is 26.5. The summed E-state index contributed by atoms with van der Waals surface area (Å²) in [5.41, 5.74) is 0. The quantitative estimate of drug-likeness (QED) is 0.0279. The van der Waals surface area contributed by atoms with Crippen molar-refractivity contribution >= 4 is 13.7 Å². The van der Waals surface area contributed by atoms with Gasteiger partial charge in [0.25, 0.3) is 7.82 Å². The fourth-order valence-corrected chi connectivity index (χ4v) is 6.32. The maximum Gasteiger partial charge on any atom is 0.268 e. The molecule has 0 aliphatic carbocycles. The number of unbranched alkanes of at least 4 members (excludes halogenated alkanes) is 15. The zero-order valence-electron chi connectivity index (χ0n) is 35.9. The van der Waals surface area contributed by atoms with Gasteiger partial charge in [-0.05, 0) is 83.5 Å². The molecule has 0 radical (unpaired) electrons. The van der Waals surface area contributed by atoms with Crippen molar-refractivity contribution in [3.05, 3.63) is 72.9 Å². The third-order valence-electron chi connectivity index (χ3n) is 9.12. The minimum atomic E-state index is -4.60. The van der Waals surface area contributed by atoms with Crippen LogP contribution in [-0.2, 0) is 18.4 Å². The predicted octanol–water partition coefficient (Wildman–Crippen LogP) is 11.4. The molecule has 0 rings (SSSR count). The van der Waals surface area contributed by atoms with E-state index in [-0.39, 0.29) is 12.5 Å². The normalized spacial score (nSPS) is 15.1. The molecule has 0 aliphatic heterocycles. The van der Waals surface area contributed by atoms with Gasteiger partial charge >= 0.3 is 0 Å². The number of carbonyl (C=O) groups is 1. The Kier molecular flexibility index (Phi) is 36.1. The van der Waals surface area contributed by atoms with Gasteiger partial charge in [0, 0.05) is 6.42 Å². The number of allylic oxidation sites excluding steroid dienone is 11. The second kappa shape index (κ2) is 37.5. The maximum atomic E-state index is 12.8. The maximum absolute atomic E-state index is 12.8. The number of hydrogen-bond donors (Lipinski definition) is 2. The van der Waals surface area contributed by atoms with Gasteiger partial charge in [0.1, 0.15) is 13.2 Å². The SMILES string of the molecule is CCCCC/C=C\C/C=C\C/C=C\CCCCCCCCC(=O)NC(COP(=O)([O-])OCC[N+](C)(C)C)C(O)/C=C/CC/C=C/CC/C=C/CCCCCC. The summed E-state index contributed by atoms with van der Waals surface area (Å²) in [4.78, 5) is 25.3. The molecule has 3 atom stereocenters. The Morgan fingerprint density at radius 1 is 0.636 bits per heavy atom. The first-order valence-electron chi connectivity index (χ1n) is 21.8. The number of hydrogen-bond acceptors (Lipinski definition) is 6. The number of amides is 1. The third kappa shape index (κ3) is 40.0. The van der Waals surface area contributed by atoms with Crippen molar-refractivity contribution in [2.75, 3.05) is 40.9 Å². The number of aliphatic hydroxyl groups excluding tert-OH is 1. The molecule has 0 bridgehead atoms. The van der Waals surface area contributed by atoms with Crippen molar-refractivity contribution in [2.45, 2.75) is 174 Å². The van der Waals surface area contributed by atoms with E-state index < -0.39 is 26.6 Å². The van der Waals surface area contributed by atoms with Crippen molar-refractivity contribution < 1.29 is 32.9 Å². The lowest BCUT2D eigenvalue weighted by molar-refractivity contribution is -0.870. The summed E-state index contributed by atoms with van der Waals surface area (Å²) in [6, 6.07) is -0.918. The fraction of sp³-hybridized carbons (Fsp3) is 0.717. The first-order valence-corrected chi connectivity index (χ1v) is 23.3. The van der Waals surface area contributed by atoms with Crippen LogP contribution in [0.4, 0.5) is 0 Å². The number of carbonyl (C=O) groups excluding carboxylic acids is 1. The van der Waals surface area contributed by atoms with Crippen LogP contribution in [0.15, 0.2) is 72.9 Å². The van der Waals surface area contributed by atoms with Crippen LogP contribution in [-0.4, -0.2) is 68.5 Å². The van der Waals surface area contributed by atoms with Crippen molar-refractivity contribution in [3.63, 3.8) is 0 Å². The Labute approximate surface area is 338 Å². The monoisotopic (exact) mass is 791 g/mol. The second-order valence-electron chi connectivity index (χ2n) is 15.7. The van der Waals surface area contributed by atoms with Gasteiger partial charge in [-0.3, -0.25) is 9.36 Å². The van der Waals surface area contributed by atoms with Crippen molar-refractivity contribution in [2.24, 2.45) is 0 Å². The molecular formula is C46H83N2O6P. The van der Waals surface area contributed by atoms with Gasteiger partial charge in [-0.25, -0.2) is 0 Å². The molecule has 0 aliphatic rings. The number of phosphoric ester groups is 1. The predicted molar refractivity (Wildman–Crippen MR) is 233 cm³/mol. The van der Waals surface area contributed by atoms with E-state index in [4.69, 9.17) is 9.05 Å².